The molecule has 0 bridgehead atoms. The largest absolute Gasteiger partial charge is 0.364 e. The summed E-state index contributed by atoms with van der Waals surface area (Å²) in [5.74, 6) is -1.90. The molecule has 0 radical (unpaired) electrons. The number of anilines is 4. The number of nitrogens with one attached hydrogen (secondary N) is 2. The molecule has 0 atom stereocenters. The maximum atomic E-state index is 15.7. The first-order chi connectivity index (χ1) is 21.6. The minimum atomic E-state index is -4.41. The van der Waals surface area contributed by atoms with Gasteiger partial charge in [-0.15, -0.1) is 0 Å². The number of halogens is 5. The van der Waals surface area contributed by atoms with Crippen LogP contribution in [0.3, 0.4) is 0 Å². The summed E-state index contributed by atoms with van der Waals surface area (Å²) >= 11 is 12.0. The number of alkyl halides is 1. The van der Waals surface area contributed by atoms with Crippen molar-refractivity contribution in [3.05, 3.63) is 95.0 Å². The normalized spacial score (nSPS) is 13.8. The van der Waals surface area contributed by atoms with Gasteiger partial charge in [0.25, 0.3) is 10.0 Å². The van der Waals surface area contributed by atoms with E-state index in [1.807, 2.05) is 23.1 Å². The second kappa shape index (κ2) is 11.1. The van der Waals surface area contributed by atoms with E-state index in [1.54, 1.807) is 23.0 Å². The number of rotatable bonds is 7. The Morgan fingerprint density at radius 2 is 1.71 bits per heavy atom. The first kappa shape index (κ1) is 29.1. The van der Waals surface area contributed by atoms with E-state index in [9.17, 15) is 12.8 Å². The third kappa shape index (κ3) is 5.14. The topological polar surface area (TPSA) is 118 Å². The molecule has 228 valence electrons. The summed E-state index contributed by atoms with van der Waals surface area (Å²) in [5, 5.41) is 2.34. The summed E-state index contributed by atoms with van der Waals surface area (Å²) in [5.41, 5.74) is 1.48. The average molecular weight is 671 g/mol. The van der Waals surface area contributed by atoms with Crippen molar-refractivity contribution < 1.29 is 21.6 Å². The molecule has 0 spiro atoms. The van der Waals surface area contributed by atoms with Crippen molar-refractivity contribution in [1.29, 1.82) is 0 Å². The van der Waals surface area contributed by atoms with Crippen LogP contribution in [0, 0.1) is 11.6 Å². The first-order valence-corrected chi connectivity index (χ1v) is 15.5. The number of fused-ring (bicyclic) bond motifs is 2. The number of benzene rings is 3. The molecule has 0 amide bonds. The lowest BCUT2D eigenvalue weighted by molar-refractivity contribution is 0.275. The minimum Gasteiger partial charge on any atom is -0.364 e. The van der Waals surface area contributed by atoms with Crippen LogP contribution in [0.5, 0.6) is 0 Å². The molecule has 3 aromatic heterocycles. The summed E-state index contributed by atoms with van der Waals surface area (Å²) in [7, 11) is -4.41. The molecule has 1 fully saturated rings. The van der Waals surface area contributed by atoms with Gasteiger partial charge in [0.05, 0.1) is 45.5 Å². The van der Waals surface area contributed by atoms with Gasteiger partial charge in [0.1, 0.15) is 52.1 Å². The molecular formula is C29H19Cl2F3N8O2S. The van der Waals surface area contributed by atoms with Gasteiger partial charge in [-0.2, -0.15) is 0 Å². The zero-order chi connectivity index (χ0) is 31.5. The minimum absolute atomic E-state index is 0.0146. The molecule has 4 heterocycles. The number of para-hydroxylation sites is 1. The summed E-state index contributed by atoms with van der Waals surface area (Å²) < 4.78 is 74.0. The van der Waals surface area contributed by atoms with Gasteiger partial charge in [-0.3, -0.25) is 9.29 Å². The molecule has 2 N–H and O–H groups in total. The number of nitrogens with zero attached hydrogens (tertiary/aromatic N) is 6. The highest BCUT2D eigenvalue weighted by molar-refractivity contribution is 7.92. The second-order valence-electron chi connectivity index (χ2n) is 10.1. The SMILES string of the molecule is O=S(=O)(Nc1ccc(F)c(Nc2ncnc3ccc(-n4cnc5c(N6CC(F)C6)cccc54)nc23)c1F)c1cccc(Cl)c1Cl. The molecule has 6 aromatic rings. The third-order valence-electron chi connectivity index (χ3n) is 7.23. The molecule has 7 rings (SSSR count). The maximum absolute atomic E-state index is 15.7. The number of hydrogen-bond donors (Lipinski definition) is 2. The summed E-state index contributed by atoms with van der Waals surface area (Å²) in [6, 6.07) is 14.7. The predicted octanol–water partition coefficient (Wildman–Crippen LogP) is 6.65. The van der Waals surface area contributed by atoms with Crippen LogP contribution in [-0.4, -0.2) is 52.2 Å². The van der Waals surface area contributed by atoms with Gasteiger partial charge < -0.3 is 10.2 Å². The highest BCUT2D eigenvalue weighted by Crippen LogP contribution is 2.35. The Kier molecular flexibility index (Phi) is 7.14. The highest BCUT2D eigenvalue weighted by Gasteiger charge is 2.28. The smallest absolute Gasteiger partial charge is 0.263 e. The predicted molar refractivity (Wildman–Crippen MR) is 166 cm³/mol. The van der Waals surface area contributed by atoms with E-state index in [1.165, 1.54) is 24.5 Å². The number of aromatic nitrogens is 5. The maximum Gasteiger partial charge on any atom is 0.263 e. The summed E-state index contributed by atoms with van der Waals surface area (Å²) in [6.07, 6.45) is 1.89. The van der Waals surface area contributed by atoms with E-state index >= 15 is 8.78 Å². The van der Waals surface area contributed by atoms with Crippen molar-refractivity contribution >= 4 is 78.2 Å². The zero-order valence-electron chi connectivity index (χ0n) is 22.7. The Balaban J connectivity index is 1.25. The van der Waals surface area contributed by atoms with Crippen LogP contribution in [0.15, 0.2) is 78.2 Å². The van der Waals surface area contributed by atoms with Gasteiger partial charge in [-0.05, 0) is 48.5 Å². The third-order valence-corrected chi connectivity index (χ3v) is 9.57. The molecule has 10 nitrogen and oxygen atoms in total. The number of imidazole rings is 1. The Morgan fingerprint density at radius 3 is 2.51 bits per heavy atom. The standard InChI is InChI=1S/C29H19Cl2F3N8O2S/c30-16-3-1-6-22(24(16)31)45(43,44)40-18-8-7-17(33)26(25(18)34)39-29-27-19(35-13-36-29)9-10-23(38-27)42-14-37-28-20(4-2-5-21(28)42)41-11-15(32)12-41/h1-10,13-15,40H,11-12H2,(H,35,36,39). The van der Waals surface area contributed by atoms with E-state index in [-0.39, 0.29) is 39.4 Å². The molecule has 0 unspecified atom stereocenters. The van der Waals surface area contributed by atoms with Crippen LogP contribution in [0.25, 0.3) is 27.9 Å². The van der Waals surface area contributed by atoms with E-state index in [4.69, 9.17) is 23.2 Å². The molecule has 3 aromatic carbocycles. The number of pyridine rings is 1. The van der Waals surface area contributed by atoms with Crippen LogP contribution in [0.4, 0.5) is 36.1 Å². The molecule has 1 aliphatic rings. The van der Waals surface area contributed by atoms with E-state index in [2.05, 4.69) is 30.0 Å². The Bertz CT molecular complexity index is 2250. The van der Waals surface area contributed by atoms with E-state index < -0.39 is 39.2 Å². The van der Waals surface area contributed by atoms with Gasteiger partial charge in [-0.25, -0.2) is 41.5 Å². The molecule has 1 saturated heterocycles. The lowest BCUT2D eigenvalue weighted by atomic mass is 10.1. The van der Waals surface area contributed by atoms with Gasteiger partial charge in [0.15, 0.2) is 11.6 Å². The van der Waals surface area contributed by atoms with E-state index in [0.29, 0.717) is 22.4 Å². The number of hydrogen-bond acceptors (Lipinski definition) is 8. The Labute approximate surface area is 263 Å². The average Bonchev–Trinajstić information content (AvgIpc) is 3.45. The molecule has 1 aliphatic heterocycles. The van der Waals surface area contributed by atoms with Crippen molar-refractivity contribution in [2.45, 2.75) is 11.1 Å². The fraction of sp³-hybridized carbons (Fsp3) is 0.103. The second-order valence-corrected chi connectivity index (χ2v) is 12.5. The van der Waals surface area contributed by atoms with Crippen LogP contribution in [-0.2, 0) is 10.0 Å². The zero-order valence-corrected chi connectivity index (χ0v) is 25.0. The van der Waals surface area contributed by atoms with Gasteiger partial charge in [-0.1, -0.05) is 35.3 Å². The van der Waals surface area contributed by atoms with Crippen molar-refractivity contribution in [2.24, 2.45) is 0 Å². The quantitative estimate of drug-likeness (QED) is 0.194. The fourth-order valence-electron chi connectivity index (χ4n) is 4.99. The molecule has 45 heavy (non-hydrogen) atoms. The van der Waals surface area contributed by atoms with E-state index in [0.717, 1.165) is 17.8 Å². The molecule has 16 heteroatoms. The fourth-order valence-corrected chi connectivity index (χ4v) is 6.82. The number of sulfonamides is 1. The van der Waals surface area contributed by atoms with Crippen molar-refractivity contribution in [2.75, 3.05) is 28.0 Å². The van der Waals surface area contributed by atoms with Crippen molar-refractivity contribution in [3.63, 3.8) is 0 Å². The van der Waals surface area contributed by atoms with Gasteiger partial charge >= 0.3 is 0 Å². The molecule has 0 saturated carbocycles. The lowest BCUT2D eigenvalue weighted by Crippen LogP contribution is -2.48. The molecule has 0 aliphatic carbocycles. The van der Waals surface area contributed by atoms with Crippen LogP contribution < -0.4 is 14.9 Å². The highest BCUT2D eigenvalue weighted by atomic mass is 35.5. The first-order valence-electron chi connectivity index (χ1n) is 13.3. The monoisotopic (exact) mass is 670 g/mol. The van der Waals surface area contributed by atoms with Crippen LogP contribution in [0.1, 0.15) is 0 Å². The van der Waals surface area contributed by atoms with Crippen molar-refractivity contribution in [1.82, 2.24) is 24.5 Å². The molecular weight excluding hydrogens is 652 g/mol. The Morgan fingerprint density at radius 1 is 0.911 bits per heavy atom. The Hall–Kier alpha value is -4.66. The lowest BCUT2D eigenvalue weighted by Gasteiger charge is -2.36. The van der Waals surface area contributed by atoms with Crippen molar-refractivity contribution in [3.8, 4) is 5.82 Å². The van der Waals surface area contributed by atoms with Crippen LogP contribution >= 0.6 is 23.2 Å². The summed E-state index contributed by atoms with van der Waals surface area (Å²) in [6.45, 7) is 0.577. The van der Waals surface area contributed by atoms with Gasteiger partial charge in [0.2, 0.25) is 0 Å². The summed E-state index contributed by atoms with van der Waals surface area (Å²) in [4.78, 5) is 19.1. The van der Waals surface area contributed by atoms with Gasteiger partial charge in [0, 0.05) is 0 Å². The van der Waals surface area contributed by atoms with Crippen LogP contribution in [0.2, 0.25) is 10.0 Å².